The minimum Gasteiger partial charge on any atom is -0.326 e. The second kappa shape index (κ2) is 7.58. The fourth-order valence-corrected chi connectivity index (χ4v) is 4.38. The molecule has 0 aliphatic rings. The summed E-state index contributed by atoms with van der Waals surface area (Å²) in [4.78, 5) is -0.0767. The summed E-state index contributed by atoms with van der Waals surface area (Å²) in [7, 11) is -3.77. The van der Waals surface area contributed by atoms with Gasteiger partial charge in [-0.2, -0.15) is 11.8 Å². The largest absolute Gasteiger partial charge is 0.326 e. The quantitative estimate of drug-likeness (QED) is 0.766. The SMILES string of the molecule is CCC(CC)(CNS(=O)(=O)c1cc(F)ccc1CN)SC. The number of sulfonamides is 1. The second-order valence-corrected chi connectivity index (χ2v) is 7.88. The van der Waals surface area contributed by atoms with Crippen molar-refractivity contribution in [3.8, 4) is 0 Å². The van der Waals surface area contributed by atoms with E-state index in [1.165, 1.54) is 12.1 Å². The Hall–Kier alpha value is -0.630. The van der Waals surface area contributed by atoms with Gasteiger partial charge < -0.3 is 5.73 Å². The second-order valence-electron chi connectivity index (χ2n) is 4.87. The van der Waals surface area contributed by atoms with E-state index in [0.29, 0.717) is 12.1 Å². The molecule has 0 aromatic heterocycles. The van der Waals surface area contributed by atoms with Gasteiger partial charge in [0.05, 0.1) is 4.90 Å². The summed E-state index contributed by atoms with van der Waals surface area (Å²) in [6.45, 7) is 4.42. The molecule has 3 N–H and O–H groups in total. The summed E-state index contributed by atoms with van der Waals surface area (Å²) in [5.74, 6) is -0.588. The summed E-state index contributed by atoms with van der Waals surface area (Å²) in [6.07, 6.45) is 3.66. The third-order valence-corrected chi connectivity index (χ3v) is 6.92. The van der Waals surface area contributed by atoms with E-state index in [0.717, 1.165) is 18.9 Å². The molecule has 0 spiro atoms. The molecular formula is C14H23FN2O2S2. The monoisotopic (exact) mass is 334 g/mol. The molecule has 1 aromatic carbocycles. The molecule has 0 radical (unpaired) electrons. The zero-order chi connectivity index (χ0) is 16.1. The molecule has 1 aromatic rings. The normalized spacial score (nSPS) is 12.6. The zero-order valence-corrected chi connectivity index (χ0v) is 14.3. The third kappa shape index (κ3) is 4.42. The molecule has 0 aliphatic heterocycles. The molecule has 0 saturated carbocycles. The van der Waals surface area contributed by atoms with Gasteiger partial charge in [-0.05, 0) is 36.8 Å². The molecule has 0 amide bonds. The number of nitrogens with two attached hydrogens (primary N) is 1. The van der Waals surface area contributed by atoms with E-state index in [1.54, 1.807) is 11.8 Å². The van der Waals surface area contributed by atoms with Crippen molar-refractivity contribution in [2.75, 3.05) is 12.8 Å². The number of nitrogens with one attached hydrogen (secondary N) is 1. The molecule has 21 heavy (non-hydrogen) atoms. The van der Waals surface area contributed by atoms with Crippen LogP contribution in [0.5, 0.6) is 0 Å². The van der Waals surface area contributed by atoms with Crippen LogP contribution in [-0.2, 0) is 16.6 Å². The first kappa shape index (κ1) is 18.4. The summed E-state index contributed by atoms with van der Waals surface area (Å²) in [5, 5.41) is 0. The lowest BCUT2D eigenvalue weighted by atomic mass is 10.0. The highest BCUT2D eigenvalue weighted by Crippen LogP contribution is 2.30. The highest BCUT2D eigenvalue weighted by molar-refractivity contribution is 8.00. The Bertz CT molecular complexity index is 564. The van der Waals surface area contributed by atoms with Crippen LogP contribution in [0, 0.1) is 5.82 Å². The molecule has 4 nitrogen and oxygen atoms in total. The minimum atomic E-state index is -3.77. The summed E-state index contributed by atoms with van der Waals surface area (Å²) in [6, 6.07) is 3.64. The van der Waals surface area contributed by atoms with Gasteiger partial charge in [0.15, 0.2) is 0 Å². The van der Waals surface area contributed by atoms with Gasteiger partial charge >= 0.3 is 0 Å². The Balaban J connectivity index is 3.05. The minimum absolute atomic E-state index is 0.0474. The molecule has 7 heteroatoms. The Kier molecular flexibility index (Phi) is 6.65. The van der Waals surface area contributed by atoms with Crippen molar-refractivity contribution >= 4 is 21.8 Å². The van der Waals surface area contributed by atoms with Gasteiger partial charge in [0.1, 0.15) is 5.82 Å². The van der Waals surface area contributed by atoms with Crippen molar-refractivity contribution in [1.29, 1.82) is 0 Å². The number of rotatable bonds is 8. The van der Waals surface area contributed by atoms with Gasteiger partial charge in [-0.1, -0.05) is 19.9 Å². The number of benzene rings is 1. The molecule has 120 valence electrons. The van der Waals surface area contributed by atoms with Crippen LogP contribution in [-0.4, -0.2) is 26.0 Å². The van der Waals surface area contributed by atoms with Gasteiger partial charge in [0.25, 0.3) is 0 Å². The Morgan fingerprint density at radius 1 is 1.33 bits per heavy atom. The van der Waals surface area contributed by atoms with E-state index >= 15 is 0 Å². The van der Waals surface area contributed by atoms with Gasteiger partial charge in [-0.15, -0.1) is 0 Å². The van der Waals surface area contributed by atoms with E-state index < -0.39 is 15.8 Å². The summed E-state index contributed by atoms with van der Waals surface area (Å²) >= 11 is 1.64. The lowest BCUT2D eigenvalue weighted by molar-refractivity contribution is 0.521. The van der Waals surface area contributed by atoms with E-state index in [-0.39, 0.29) is 16.2 Å². The first-order valence-electron chi connectivity index (χ1n) is 6.87. The predicted molar refractivity (Wildman–Crippen MR) is 86.3 cm³/mol. The van der Waals surface area contributed by atoms with Crippen LogP contribution in [0.3, 0.4) is 0 Å². The highest BCUT2D eigenvalue weighted by atomic mass is 32.2. The Morgan fingerprint density at radius 2 is 1.95 bits per heavy atom. The topological polar surface area (TPSA) is 72.2 Å². The third-order valence-electron chi connectivity index (χ3n) is 3.84. The van der Waals surface area contributed by atoms with Crippen LogP contribution in [0.2, 0.25) is 0 Å². The van der Waals surface area contributed by atoms with Gasteiger partial charge in [-0.3, -0.25) is 0 Å². The zero-order valence-electron chi connectivity index (χ0n) is 12.6. The van der Waals surface area contributed by atoms with E-state index in [2.05, 4.69) is 4.72 Å². The maximum atomic E-state index is 13.3. The first-order valence-corrected chi connectivity index (χ1v) is 9.58. The van der Waals surface area contributed by atoms with Crippen molar-refractivity contribution in [2.45, 2.75) is 42.9 Å². The average molecular weight is 334 g/mol. The first-order chi connectivity index (χ1) is 9.84. The van der Waals surface area contributed by atoms with E-state index in [4.69, 9.17) is 5.73 Å². The highest BCUT2D eigenvalue weighted by Gasteiger charge is 2.28. The Labute approximate surface area is 130 Å². The van der Waals surface area contributed by atoms with Crippen molar-refractivity contribution in [2.24, 2.45) is 5.73 Å². The molecule has 0 unspecified atom stereocenters. The number of thioether (sulfide) groups is 1. The van der Waals surface area contributed by atoms with Gasteiger partial charge in [0, 0.05) is 17.8 Å². The lowest BCUT2D eigenvalue weighted by Crippen LogP contribution is -2.39. The van der Waals surface area contributed by atoms with Crippen molar-refractivity contribution < 1.29 is 12.8 Å². The summed E-state index contributed by atoms with van der Waals surface area (Å²) < 4.78 is 40.6. The lowest BCUT2D eigenvalue weighted by Gasteiger charge is -2.29. The van der Waals surface area contributed by atoms with Gasteiger partial charge in [0.2, 0.25) is 10.0 Å². The number of halogens is 1. The maximum absolute atomic E-state index is 13.3. The molecule has 0 saturated heterocycles. The van der Waals surface area contributed by atoms with Crippen LogP contribution in [0.25, 0.3) is 0 Å². The summed E-state index contributed by atoms with van der Waals surface area (Å²) in [5.41, 5.74) is 5.95. The van der Waals surface area contributed by atoms with Crippen LogP contribution in [0.4, 0.5) is 4.39 Å². The maximum Gasteiger partial charge on any atom is 0.241 e. The Morgan fingerprint density at radius 3 is 2.43 bits per heavy atom. The van der Waals surface area contributed by atoms with Crippen LogP contribution in [0.15, 0.2) is 23.1 Å². The van der Waals surface area contributed by atoms with Crippen LogP contribution < -0.4 is 10.5 Å². The standard InChI is InChI=1S/C14H23FN2O2S2/c1-4-14(5-2,20-3)10-17-21(18,19)13-8-12(15)7-6-11(13)9-16/h6-8,17H,4-5,9-10,16H2,1-3H3. The van der Waals surface area contributed by atoms with Gasteiger partial charge in [-0.25, -0.2) is 17.5 Å². The number of hydrogen-bond donors (Lipinski definition) is 2. The predicted octanol–water partition coefficient (Wildman–Crippen LogP) is 2.48. The molecule has 0 aliphatic carbocycles. The molecular weight excluding hydrogens is 311 g/mol. The number of hydrogen-bond acceptors (Lipinski definition) is 4. The molecule has 0 atom stereocenters. The van der Waals surface area contributed by atoms with Crippen LogP contribution in [0.1, 0.15) is 32.3 Å². The average Bonchev–Trinajstić information content (AvgIpc) is 2.49. The van der Waals surface area contributed by atoms with Crippen molar-refractivity contribution in [3.05, 3.63) is 29.6 Å². The fourth-order valence-electron chi connectivity index (χ4n) is 2.11. The molecule has 1 rings (SSSR count). The molecule has 0 bridgehead atoms. The van der Waals surface area contributed by atoms with Crippen molar-refractivity contribution in [1.82, 2.24) is 4.72 Å². The van der Waals surface area contributed by atoms with E-state index in [1.807, 2.05) is 20.1 Å². The van der Waals surface area contributed by atoms with Crippen LogP contribution >= 0.6 is 11.8 Å². The molecule has 0 fully saturated rings. The molecule has 0 heterocycles. The van der Waals surface area contributed by atoms with Crippen molar-refractivity contribution in [3.63, 3.8) is 0 Å². The smallest absolute Gasteiger partial charge is 0.241 e. The fraction of sp³-hybridized carbons (Fsp3) is 0.571. The van der Waals surface area contributed by atoms with E-state index in [9.17, 15) is 12.8 Å².